The number of hydrogen-bond acceptors (Lipinski definition) is 3. The highest BCUT2D eigenvalue weighted by Gasteiger charge is 2.10. The van der Waals surface area contributed by atoms with Crippen LogP contribution in [0.3, 0.4) is 0 Å². The predicted molar refractivity (Wildman–Crippen MR) is 56.9 cm³/mol. The molecular weight excluding hydrogens is 198 g/mol. The third kappa shape index (κ3) is 2.33. The van der Waals surface area contributed by atoms with Gasteiger partial charge in [-0.1, -0.05) is 6.07 Å². The summed E-state index contributed by atoms with van der Waals surface area (Å²) < 4.78 is 22.5. The first-order valence-electron chi connectivity index (χ1n) is 4.38. The minimum atomic E-state index is -3.11. The second-order valence-corrected chi connectivity index (χ2v) is 5.59. The van der Waals surface area contributed by atoms with Crippen molar-refractivity contribution in [1.29, 1.82) is 0 Å². The quantitative estimate of drug-likeness (QED) is 0.808. The monoisotopic (exact) mass is 213 g/mol. The smallest absolute Gasteiger partial charge is 0.175 e. The van der Waals surface area contributed by atoms with Gasteiger partial charge in [0.1, 0.15) is 0 Å². The van der Waals surface area contributed by atoms with Crippen LogP contribution in [0.1, 0.15) is 24.1 Å². The Kier molecular flexibility index (Phi) is 2.97. The molecule has 0 aliphatic rings. The van der Waals surface area contributed by atoms with Gasteiger partial charge in [0.15, 0.2) is 9.84 Å². The zero-order chi connectivity index (χ0) is 10.9. The lowest BCUT2D eigenvalue weighted by Gasteiger charge is -2.10. The van der Waals surface area contributed by atoms with Crippen LogP contribution in [0.5, 0.6) is 0 Å². The SMILES string of the molecule is Cc1cc(S(C)(=O)=O)ccc1C(C)N. The van der Waals surface area contributed by atoms with Crippen LogP contribution in [0, 0.1) is 6.92 Å². The summed E-state index contributed by atoms with van der Waals surface area (Å²) in [6, 6.07) is 4.97. The molecule has 1 atom stereocenters. The summed E-state index contributed by atoms with van der Waals surface area (Å²) in [6.07, 6.45) is 1.20. The molecule has 0 saturated carbocycles. The molecule has 0 aliphatic heterocycles. The van der Waals surface area contributed by atoms with Gasteiger partial charge in [0.25, 0.3) is 0 Å². The molecule has 0 radical (unpaired) electrons. The molecule has 0 aromatic heterocycles. The fraction of sp³-hybridized carbons (Fsp3) is 0.400. The van der Waals surface area contributed by atoms with Gasteiger partial charge in [-0.15, -0.1) is 0 Å². The van der Waals surface area contributed by atoms with Crippen LogP contribution in [-0.2, 0) is 9.84 Å². The summed E-state index contributed by atoms with van der Waals surface area (Å²) in [7, 11) is -3.11. The fourth-order valence-electron chi connectivity index (χ4n) is 1.39. The molecular formula is C10H15NO2S. The van der Waals surface area contributed by atoms with E-state index in [-0.39, 0.29) is 6.04 Å². The molecule has 4 heteroatoms. The average molecular weight is 213 g/mol. The lowest BCUT2D eigenvalue weighted by Crippen LogP contribution is -2.08. The first-order valence-corrected chi connectivity index (χ1v) is 6.27. The molecule has 0 saturated heterocycles. The van der Waals surface area contributed by atoms with Crippen molar-refractivity contribution in [3.8, 4) is 0 Å². The number of benzene rings is 1. The van der Waals surface area contributed by atoms with Crippen molar-refractivity contribution in [3.05, 3.63) is 29.3 Å². The van der Waals surface area contributed by atoms with E-state index in [1.54, 1.807) is 18.2 Å². The molecule has 1 aromatic rings. The zero-order valence-electron chi connectivity index (χ0n) is 8.61. The maximum atomic E-state index is 11.2. The molecule has 0 fully saturated rings. The average Bonchev–Trinajstić information content (AvgIpc) is 2.01. The van der Waals surface area contributed by atoms with Crippen molar-refractivity contribution in [2.24, 2.45) is 5.73 Å². The standard InChI is InChI=1S/C10H15NO2S/c1-7-6-9(14(3,12)13)4-5-10(7)8(2)11/h4-6,8H,11H2,1-3H3. The van der Waals surface area contributed by atoms with Gasteiger partial charge >= 0.3 is 0 Å². The Labute approximate surface area is 84.9 Å². The van der Waals surface area contributed by atoms with Crippen LogP contribution >= 0.6 is 0 Å². The highest BCUT2D eigenvalue weighted by molar-refractivity contribution is 7.90. The first kappa shape index (κ1) is 11.2. The van der Waals surface area contributed by atoms with E-state index >= 15 is 0 Å². The number of aryl methyl sites for hydroxylation is 1. The minimum absolute atomic E-state index is 0.0661. The summed E-state index contributed by atoms with van der Waals surface area (Å²) in [5.41, 5.74) is 7.63. The summed E-state index contributed by atoms with van der Waals surface area (Å²) in [5, 5.41) is 0. The maximum Gasteiger partial charge on any atom is 0.175 e. The highest BCUT2D eigenvalue weighted by atomic mass is 32.2. The number of rotatable bonds is 2. The van der Waals surface area contributed by atoms with Gasteiger partial charge in [0.05, 0.1) is 4.90 Å². The predicted octanol–water partition coefficient (Wildman–Crippen LogP) is 1.42. The number of sulfone groups is 1. The molecule has 0 spiro atoms. The molecule has 0 amide bonds. The van der Waals surface area contributed by atoms with Crippen LogP contribution in [0.2, 0.25) is 0 Å². The highest BCUT2D eigenvalue weighted by Crippen LogP contribution is 2.19. The Bertz CT molecular complexity index is 435. The molecule has 1 rings (SSSR count). The van der Waals surface area contributed by atoms with E-state index in [4.69, 9.17) is 5.73 Å². The summed E-state index contributed by atoms with van der Waals surface area (Å²) in [5.74, 6) is 0. The molecule has 3 nitrogen and oxygen atoms in total. The van der Waals surface area contributed by atoms with E-state index in [2.05, 4.69) is 0 Å². The topological polar surface area (TPSA) is 60.2 Å². The Balaban J connectivity index is 3.27. The minimum Gasteiger partial charge on any atom is -0.324 e. The van der Waals surface area contributed by atoms with Crippen LogP contribution in [0.25, 0.3) is 0 Å². The molecule has 78 valence electrons. The van der Waals surface area contributed by atoms with E-state index < -0.39 is 9.84 Å². The molecule has 2 N–H and O–H groups in total. The summed E-state index contributed by atoms with van der Waals surface area (Å²) in [6.45, 7) is 3.75. The molecule has 1 unspecified atom stereocenters. The second-order valence-electron chi connectivity index (χ2n) is 3.58. The van der Waals surface area contributed by atoms with E-state index in [0.717, 1.165) is 11.1 Å². The van der Waals surface area contributed by atoms with Gasteiger partial charge in [-0.3, -0.25) is 0 Å². The Morgan fingerprint density at radius 3 is 2.29 bits per heavy atom. The largest absolute Gasteiger partial charge is 0.324 e. The summed E-state index contributed by atoms with van der Waals surface area (Å²) in [4.78, 5) is 0.347. The number of hydrogen-bond donors (Lipinski definition) is 1. The second kappa shape index (κ2) is 3.71. The molecule has 0 aliphatic carbocycles. The zero-order valence-corrected chi connectivity index (χ0v) is 9.43. The molecule has 0 bridgehead atoms. The lowest BCUT2D eigenvalue weighted by molar-refractivity contribution is 0.601. The van der Waals surface area contributed by atoms with Crippen molar-refractivity contribution in [1.82, 2.24) is 0 Å². The number of nitrogens with two attached hydrogens (primary N) is 1. The van der Waals surface area contributed by atoms with Crippen LogP contribution in [-0.4, -0.2) is 14.7 Å². The van der Waals surface area contributed by atoms with E-state index in [1.807, 2.05) is 13.8 Å². The van der Waals surface area contributed by atoms with Gasteiger partial charge in [-0.2, -0.15) is 0 Å². The van der Waals surface area contributed by atoms with Crippen molar-refractivity contribution in [2.45, 2.75) is 24.8 Å². The van der Waals surface area contributed by atoms with Gasteiger partial charge in [-0.05, 0) is 37.1 Å². The van der Waals surface area contributed by atoms with Crippen molar-refractivity contribution < 1.29 is 8.42 Å². The lowest BCUT2D eigenvalue weighted by atomic mass is 10.0. The first-order chi connectivity index (χ1) is 6.32. The summed E-state index contributed by atoms with van der Waals surface area (Å²) >= 11 is 0. The van der Waals surface area contributed by atoms with Crippen LogP contribution in [0.15, 0.2) is 23.1 Å². The van der Waals surface area contributed by atoms with Gasteiger partial charge < -0.3 is 5.73 Å². The maximum absolute atomic E-state index is 11.2. The van der Waals surface area contributed by atoms with E-state index in [9.17, 15) is 8.42 Å². The van der Waals surface area contributed by atoms with Gasteiger partial charge in [0, 0.05) is 12.3 Å². The van der Waals surface area contributed by atoms with Gasteiger partial charge in [0.2, 0.25) is 0 Å². The molecule has 14 heavy (non-hydrogen) atoms. The molecule has 1 aromatic carbocycles. The van der Waals surface area contributed by atoms with Crippen molar-refractivity contribution in [3.63, 3.8) is 0 Å². The van der Waals surface area contributed by atoms with E-state index in [0.29, 0.717) is 4.90 Å². The Morgan fingerprint density at radius 2 is 1.93 bits per heavy atom. The van der Waals surface area contributed by atoms with Crippen molar-refractivity contribution >= 4 is 9.84 Å². The van der Waals surface area contributed by atoms with Gasteiger partial charge in [-0.25, -0.2) is 8.42 Å². The van der Waals surface area contributed by atoms with Crippen molar-refractivity contribution in [2.75, 3.05) is 6.26 Å². The Hall–Kier alpha value is -0.870. The van der Waals surface area contributed by atoms with Crippen LogP contribution < -0.4 is 5.73 Å². The Morgan fingerprint density at radius 1 is 1.36 bits per heavy atom. The van der Waals surface area contributed by atoms with E-state index in [1.165, 1.54) is 6.26 Å². The third-order valence-corrected chi connectivity index (χ3v) is 3.27. The molecule has 0 heterocycles. The normalized spacial score (nSPS) is 14.0. The fourth-order valence-corrected chi connectivity index (χ4v) is 2.10. The van der Waals surface area contributed by atoms with Crippen LogP contribution in [0.4, 0.5) is 0 Å². The third-order valence-electron chi connectivity index (χ3n) is 2.16.